The summed E-state index contributed by atoms with van der Waals surface area (Å²) in [6.07, 6.45) is 0. The molecule has 50 heavy (non-hydrogen) atoms. The first-order valence-corrected chi connectivity index (χ1v) is 16.3. The molecule has 0 fully saturated rings. The van der Waals surface area contributed by atoms with Crippen molar-refractivity contribution < 1.29 is 0 Å². The Balaban J connectivity index is 1.16. The summed E-state index contributed by atoms with van der Waals surface area (Å²) in [4.78, 5) is 3.69. The number of nitrogens with zero attached hydrogens (tertiary/aromatic N) is 5. The molecule has 0 bridgehead atoms. The van der Waals surface area contributed by atoms with Gasteiger partial charge in [0.1, 0.15) is 0 Å². The minimum atomic E-state index is 0.542. The summed E-state index contributed by atoms with van der Waals surface area (Å²) in [7, 11) is 0. The molecule has 2 aromatic heterocycles. The lowest BCUT2D eigenvalue weighted by molar-refractivity contribution is 1.18. The fraction of sp³-hybridized carbons (Fsp3) is 0. The minimum absolute atomic E-state index is 0.542. The Labute approximate surface area is 288 Å². The third-order valence-corrected chi connectivity index (χ3v) is 9.62. The topological polar surface area (TPSA) is 61.8 Å². The van der Waals surface area contributed by atoms with E-state index < -0.39 is 0 Å². The summed E-state index contributed by atoms with van der Waals surface area (Å²) >= 11 is 0. The van der Waals surface area contributed by atoms with Crippen LogP contribution in [0.2, 0.25) is 0 Å². The lowest BCUT2D eigenvalue weighted by Crippen LogP contribution is -1.98. The van der Waals surface area contributed by atoms with E-state index in [4.69, 9.17) is 6.57 Å². The van der Waals surface area contributed by atoms with Crippen LogP contribution in [0.3, 0.4) is 0 Å². The molecular formula is C45H25N5. The van der Waals surface area contributed by atoms with Crippen molar-refractivity contribution in [3.8, 4) is 45.8 Å². The molecular weight excluding hydrogens is 611 g/mol. The summed E-state index contributed by atoms with van der Waals surface area (Å²) in [5, 5.41) is 24.4. The van der Waals surface area contributed by atoms with Crippen molar-refractivity contribution in [3.05, 3.63) is 174 Å². The third-order valence-electron chi connectivity index (χ3n) is 9.62. The van der Waals surface area contributed by atoms with Crippen LogP contribution in [0, 0.1) is 29.2 Å². The first-order chi connectivity index (χ1) is 24.7. The van der Waals surface area contributed by atoms with E-state index in [1.165, 1.54) is 10.8 Å². The second kappa shape index (κ2) is 11.4. The van der Waals surface area contributed by atoms with E-state index in [0.717, 1.165) is 66.5 Å². The molecule has 0 atom stereocenters. The summed E-state index contributed by atoms with van der Waals surface area (Å²) in [6, 6.07) is 55.6. The van der Waals surface area contributed by atoms with E-state index in [0.29, 0.717) is 16.8 Å². The van der Waals surface area contributed by atoms with Gasteiger partial charge in [-0.2, -0.15) is 10.5 Å². The molecule has 0 N–H and O–H groups in total. The van der Waals surface area contributed by atoms with E-state index in [9.17, 15) is 10.5 Å². The average molecular weight is 636 g/mol. The normalized spacial score (nSPS) is 11.1. The number of nitriles is 2. The maximum absolute atomic E-state index is 10.4. The highest BCUT2D eigenvalue weighted by atomic mass is 15.0. The van der Waals surface area contributed by atoms with Crippen molar-refractivity contribution >= 4 is 49.3 Å². The van der Waals surface area contributed by atoms with Crippen molar-refractivity contribution in [1.29, 1.82) is 10.5 Å². The first-order valence-electron chi connectivity index (χ1n) is 16.3. The molecule has 5 heteroatoms. The molecule has 5 nitrogen and oxygen atoms in total. The molecule has 230 valence electrons. The molecule has 2 heterocycles. The van der Waals surface area contributed by atoms with Crippen LogP contribution >= 0.6 is 0 Å². The van der Waals surface area contributed by atoms with Gasteiger partial charge in [0, 0.05) is 38.3 Å². The van der Waals surface area contributed by atoms with Crippen LogP contribution in [0.1, 0.15) is 11.1 Å². The van der Waals surface area contributed by atoms with Gasteiger partial charge in [-0.25, -0.2) is 4.85 Å². The number of hydrogen-bond acceptors (Lipinski definition) is 2. The van der Waals surface area contributed by atoms with Gasteiger partial charge < -0.3 is 9.13 Å². The van der Waals surface area contributed by atoms with E-state index in [-0.39, 0.29) is 0 Å². The van der Waals surface area contributed by atoms with Crippen LogP contribution in [0.5, 0.6) is 0 Å². The molecule has 9 rings (SSSR count). The van der Waals surface area contributed by atoms with Gasteiger partial charge in [-0.3, -0.25) is 0 Å². The van der Waals surface area contributed by atoms with E-state index in [2.05, 4.69) is 117 Å². The summed E-state index contributed by atoms with van der Waals surface area (Å²) < 4.78 is 4.44. The number of rotatable bonds is 4. The van der Waals surface area contributed by atoms with E-state index in [1.54, 1.807) is 0 Å². The maximum atomic E-state index is 10.4. The summed E-state index contributed by atoms with van der Waals surface area (Å²) in [6.45, 7) is 7.66. The standard InChI is InChI=1S/C45H25N5/c1-48-33-18-22-39-40-24-29(27-46)14-23-44(40)50(45(39)26-33)41-11-5-2-8-36(41)31-17-21-35(32(25-31)28-47)30-15-19-34(20-16-30)49-42-12-6-3-9-37(42)38-10-4-7-13-43(38)49/h2-26H. The highest BCUT2D eigenvalue weighted by molar-refractivity contribution is 6.11. The fourth-order valence-corrected chi connectivity index (χ4v) is 7.37. The van der Waals surface area contributed by atoms with Crippen molar-refractivity contribution in [2.75, 3.05) is 0 Å². The van der Waals surface area contributed by atoms with Gasteiger partial charge in [-0.1, -0.05) is 91.0 Å². The van der Waals surface area contributed by atoms with Crippen LogP contribution in [-0.2, 0) is 0 Å². The molecule has 7 aromatic carbocycles. The van der Waals surface area contributed by atoms with E-state index in [1.807, 2.05) is 60.7 Å². The van der Waals surface area contributed by atoms with Crippen LogP contribution in [0.15, 0.2) is 152 Å². The van der Waals surface area contributed by atoms with Crippen molar-refractivity contribution in [2.24, 2.45) is 0 Å². The smallest absolute Gasteiger partial charge is 0.189 e. The monoisotopic (exact) mass is 635 g/mol. The summed E-state index contributed by atoms with van der Waals surface area (Å²) in [5.41, 5.74) is 11.5. The van der Waals surface area contributed by atoms with Gasteiger partial charge in [0.25, 0.3) is 0 Å². The average Bonchev–Trinajstić information content (AvgIpc) is 3.69. The van der Waals surface area contributed by atoms with Gasteiger partial charge in [-0.15, -0.1) is 0 Å². The second-order valence-electron chi connectivity index (χ2n) is 12.3. The largest absolute Gasteiger partial charge is 0.310 e. The molecule has 0 aliphatic rings. The van der Waals surface area contributed by atoms with Gasteiger partial charge >= 0.3 is 0 Å². The predicted octanol–water partition coefficient (Wildman–Crippen LogP) is 11.5. The Hall–Kier alpha value is -7.39. The van der Waals surface area contributed by atoms with Crippen molar-refractivity contribution in [3.63, 3.8) is 0 Å². The summed E-state index contributed by atoms with van der Waals surface area (Å²) in [5.74, 6) is 0. The molecule has 0 saturated carbocycles. The highest BCUT2D eigenvalue weighted by Gasteiger charge is 2.18. The second-order valence-corrected chi connectivity index (χ2v) is 12.3. The number of hydrogen-bond donors (Lipinski definition) is 0. The Bertz CT molecular complexity index is 2900. The zero-order chi connectivity index (χ0) is 33.8. The van der Waals surface area contributed by atoms with Gasteiger partial charge in [0.2, 0.25) is 0 Å². The number of aromatic nitrogens is 2. The molecule has 0 aliphatic carbocycles. The lowest BCUT2D eigenvalue weighted by atomic mass is 9.94. The van der Waals surface area contributed by atoms with E-state index >= 15 is 0 Å². The minimum Gasteiger partial charge on any atom is -0.310 e. The molecule has 0 saturated heterocycles. The number of para-hydroxylation sites is 3. The molecule has 0 unspecified atom stereocenters. The lowest BCUT2D eigenvalue weighted by Gasteiger charge is -2.15. The molecule has 0 aliphatic heterocycles. The van der Waals surface area contributed by atoms with Crippen LogP contribution in [0.4, 0.5) is 5.69 Å². The molecule has 0 amide bonds. The Kier molecular flexibility index (Phi) is 6.56. The molecule has 0 spiro atoms. The zero-order valence-corrected chi connectivity index (χ0v) is 26.7. The quantitative estimate of drug-likeness (QED) is 0.181. The molecule has 0 radical (unpaired) electrons. The third kappa shape index (κ3) is 4.38. The van der Waals surface area contributed by atoms with Crippen LogP contribution < -0.4 is 0 Å². The Morgan fingerprint density at radius 1 is 0.480 bits per heavy atom. The van der Waals surface area contributed by atoms with Crippen LogP contribution in [0.25, 0.3) is 82.1 Å². The van der Waals surface area contributed by atoms with Gasteiger partial charge in [-0.05, 0) is 77.4 Å². The van der Waals surface area contributed by atoms with Crippen LogP contribution in [-0.4, -0.2) is 9.13 Å². The Morgan fingerprint density at radius 2 is 1.14 bits per heavy atom. The Morgan fingerprint density at radius 3 is 1.86 bits per heavy atom. The van der Waals surface area contributed by atoms with Gasteiger partial charge in [0.05, 0.1) is 52.1 Å². The van der Waals surface area contributed by atoms with Crippen molar-refractivity contribution in [2.45, 2.75) is 0 Å². The maximum Gasteiger partial charge on any atom is 0.189 e. The van der Waals surface area contributed by atoms with Crippen molar-refractivity contribution in [1.82, 2.24) is 9.13 Å². The fourth-order valence-electron chi connectivity index (χ4n) is 7.37. The SMILES string of the molecule is [C-]#[N+]c1ccc2c3cc(C#N)ccc3n(-c3ccccc3-c3ccc(-c4ccc(-n5c6ccccc6c6ccccc65)cc4)c(C#N)c3)c2c1. The first kappa shape index (κ1) is 28.8. The number of benzene rings is 7. The number of fused-ring (bicyclic) bond motifs is 6. The van der Waals surface area contributed by atoms with Gasteiger partial charge in [0.15, 0.2) is 5.69 Å². The molecule has 9 aromatic rings. The predicted molar refractivity (Wildman–Crippen MR) is 202 cm³/mol. The highest BCUT2D eigenvalue weighted by Crippen LogP contribution is 2.39. The zero-order valence-electron chi connectivity index (χ0n) is 26.7.